The molecule has 0 radical (unpaired) electrons. The molecule has 0 saturated heterocycles. The SMILES string of the molecule is CCN(Cc1ccc(C#N)cc1C)c1ccccc1F. The van der Waals surface area contributed by atoms with Crippen LogP contribution in [0.4, 0.5) is 10.1 Å². The maximum absolute atomic E-state index is 13.9. The molecule has 2 rings (SSSR count). The highest BCUT2D eigenvalue weighted by Crippen LogP contribution is 2.22. The molecule has 2 aromatic carbocycles. The van der Waals surface area contributed by atoms with E-state index in [0.717, 1.165) is 17.7 Å². The lowest BCUT2D eigenvalue weighted by Gasteiger charge is -2.24. The first-order valence-electron chi connectivity index (χ1n) is 6.64. The van der Waals surface area contributed by atoms with Gasteiger partial charge in [-0.2, -0.15) is 5.26 Å². The Kier molecular flexibility index (Phi) is 4.37. The first-order valence-corrected chi connectivity index (χ1v) is 6.64. The first-order chi connectivity index (χ1) is 9.65. The van der Waals surface area contributed by atoms with E-state index in [1.165, 1.54) is 6.07 Å². The molecule has 0 spiro atoms. The second-order valence-electron chi connectivity index (χ2n) is 4.72. The number of nitriles is 1. The number of para-hydroxylation sites is 1. The van der Waals surface area contributed by atoms with E-state index in [-0.39, 0.29) is 5.82 Å². The van der Waals surface area contributed by atoms with E-state index in [1.807, 2.05) is 36.9 Å². The summed E-state index contributed by atoms with van der Waals surface area (Å²) in [4.78, 5) is 1.99. The van der Waals surface area contributed by atoms with Gasteiger partial charge in [-0.25, -0.2) is 4.39 Å². The van der Waals surface area contributed by atoms with E-state index in [9.17, 15) is 4.39 Å². The summed E-state index contributed by atoms with van der Waals surface area (Å²) in [5.74, 6) is -0.208. The summed E-state index contributed by atoms with van der Waals surface area (Å²) in [6.45, 7) is 5.34. The topological polar surface area (TPSA) is 27.0 Å². The maximum atomic E-state index is 13.9. The third-order valence-electron chi connectivity index (χ3n) is 3.41. The van der Waals surface area contributed by atoms with Gasteiger partial charge in [-0.3, -0.25) is 0 Å². The van der Waals surface area contributed by atoms with E-state index >= 15 is 0 Å². The minimum absolute atomic E-state index is 0.208. The van der Waals surface area contributed by atoms with Crippen LogP contribution < -0.4 is 4.90 Å². The highest BCUT2D eigenvalue weighted by molar-refractivity contribution is 5.49. The molecule has 2 nitrogen and oxygen atoms in total. The van der Waals surface area contributed by atoms with Crippen LogP contribution in [0.1, 0.15) is 23.6 Å². The Labute approximate surface area is 119 Å². The fourth-order valence-electron chi connectivity index (χ4n) is 2.22. The van der Waals surface area contributed by atoms with Crippen molar-refractivity contribution < 1.29 is 4.39 Å². The van der Waals surface area contributed by atoms with Gasteiger partial charge in [0.25, 0.3) is 0 Å². The minimum atomic E-state index is -0.208. The minimum Gasteiger partial charge on any atom is -0.365 e. The summed E-state index contributed by atoms with van der Waals surface area (Å²) < 4.78 is 13.9. The van der Waals surface area contributed by atoms with E-state index in [1.54, 1.807) is 18.2 Å². The average molecular weight is 268 g/mol. The third-order valence-corrected chi connectivity index (χ3v) is 3.41. The van der Waals surface area contributed by atoms with Gasteiger partial charge >= 0.3 is 0 Å². The molecule has 0 atom stereocenters. The normalized spacial score (nSPS) is 10.1. The number of hydrogen-bond acceptors (Lipinski definition) is 2. The molecule has 0 bridgehead atoms. The molecular formula is C17H17FN2. The van der Waals surface area contributed by atoms with Crippen molar-refractivity contribution in [3.63, 3.8) is 0 Å². The van der Waals surface area contributed by atoms with Crippen molar-refractivity contribution in [1.29, 1.82) is 5.26 Å². The third kappa shape index (κ3) is 2.97. The molecule has 0 aromatic heterocycles. The Bertz CT molecular complexity index is 644. The molecule has 0 saturated carbocycles. The van der Waals surface area contributed by atoms with Gasteiger partial charge in [0.2, 0.25) is 0 Å². The van der Waals surface area contributed by atoms with Crippen molar-refractivity contribution in [2.24, 2.45) is 0 Å². The molecular weight excluding hydrogens is 251 g/mol. The molecule has 0 fully saturated rings. The van der Waals surface area contributed by atoms with Crippen LogP contribution in [0, 0.1) is 24.1 Å². The van der Waals surface area contributed by atoms with Gasteiger partial charge in [0.15, 0.2) is 0 Å². The zero-order valence-corrected chi connectivity index (χ0v) is 11.7. The molecule has 0 aliphatic carbocycles. The zero-order chi connectivity index (χ0) is 14.5. The van der Waals surface area contributed by atoms with E-state index in [4.69, 9.17) is 5.26 Å². The Morgan fingerprint density at radius 2 is 1.95 bits per heavy atom. The second kappa shape index (κ2) is 6.21. The monoisotopic (exact) mass is 268 g/mol. The van der Waals surface area contributed by atoms with Crippen LogP contribution in [0.25, 0.3) is 0 Å². The lowest BCUT2D eigenvalue weighted by atomic mass is 10.0. The van der Waals surface area contributed by atoms with Gasteiger partial charge < -0.3 is 4.90 Å². The fraction of sp³-hybridized carbons (Fsp3) is 0.235. The number of halogens is 1. The van der Waals surface area contributed by atoms with Crippen molar-refractivity contribution in [3.8, 4) is 6.07 Å². The van der Waals surface area contributed by atoms with Crippen LogP contribution in [-0.2, 0) is 6.54 Å². The largest absolute Gasteiger partial charge is 0.365 e. The number of aryl methyl sites for hydroxylation is 1. The predicted molar refractivity (Wildman–Crippen MR) is 79.0 cm³/mol. The van der Waals surface area contributed by atoms with Gasteiger partial charge in [0.05, 0.1) is 17.3 Å². The van der Waals surface area contributed by atoms with Crippen LogP contribution in [0.5, 0.6) is 0 Å². The molecule has 20 heavy (non-hydrogen) atoms. The predicted octanol–water partition coefficient (Wildman–Crippen LogP) is 4.03. The Morgan fingerprint density at radius 3 is 2.55 bits per heavy atom. The molecule has 2 aromatic rings. The smallest absolute Gasteiger partial charge is 0.146 e. The van der Waals surface area contributed by atoms with E-state index in [0.29, 0.717) is 17.8 Å². The highest BCUT2D eigenvalue weighted by atomic mass is 19.1. The summed E-state index contributed by atoms with van der Waals surface area (Å²) in [5.41, 5.74) is 3.42. The molecule has 0 aliphatic rings. The molecule has 0 amide bonds. The summed E-state index contributed by atoms with van der Waals surface area (Å²) in [6.07, 6.45) is 0. The fourth-order valence-corrected chi connectivity index (χ4v) is 2.22. The summed E-state index contributed by atoms with van der Waals surface area (Å²) in [5, 5.41) is 8.89. The molecule has 0 aliphatic heterocycles. The van der Waals surface area contributed by atoms with E-state index in [2.05, 4.69) is 6.07 Å². The number of nitrogens with zero attached hydrogens (tertiary/aromatic N) is 2. The van der Waals surface area contributed by atoms with Gasteiger partial charge in [-0.1, -0.05) is 18.2 Å². The van der Waals surface area contributed by atoms with Crippen molar-refractivity contribution in [2.45, 2.75) is 20.4 Å². The van der Waals surface area contributed by atoms with Crippen LogP contribution >= 0.6 is 0 Å². The van der Waals surface area contributed by atoms with Gasteiger partial charge in [0, 0.05) is 13.1 Å². The summed E-state index contributed by atoms with van der Waals surface area (Å²) in [6, 6.07) is 14.5. The summed E-state index contributed by atoms with van der Waals surface area (Å²) >= 11 is 0. The van der Waals surface area contributed by atoms with Crippen molar-refractivity contribution >= 4 is 5.69 Å². The lowest BCUT2D eigenvalue weighted by molar-refractivity contribution is 0.617. The van der Waals surface area contributed by atoms with Gasteiger partial charge in [-0.05, 0) is 49.2 Å². The number of rotatable bonds is 4. The molecule has 102 valence electrons. The van der Waals surface area contributed by atoms with Gasteiger partial charge in [0.1, 0.15) is 5.82 Å². The Morgan fingerprint density at radius 1 is 1.20 bits per heavy atom. The van der Waals surface area contributed by atoms with Crippen LogP contribution in [0.2, 0.25) is 0 Å². The van der Waals surface area contributed by atoms with Gasteiger partial charge in [-0.15, -0.1) is 0 Å². The Balaban J connectivity index is 2.28. The second-order valence-corrected chi connectivity index (χ2v) is 4.72. The van der Waals surface area contributed by atoms with E-state index < -0.39 is 0 Å². The molecule has 3 heteroatoms. The molecule has 0 heterocycles. The standard InChI is InChI=1S/C17H17FN2/c1-3-20(17-7-5-4-6-16(17)18)12-15-9-8-14(11-19)10-13(15)2/h4-10H,3,12H2,1-2H3. The number of hydrogen-bond donors (Lipinski definition) is 0. The highest BCUT2D eigenvalue weighted by Gasteiger charge is 2.11. The zero-order valence-electron chi connectivity index (χ0n) is 11.7. The molecule has 0 N–H and O–H groups in total. The maximum Gasteiger partial charge on any atom is 0.146 e. The summed E-state index contributed by atoms with van der Waals surface area (Å²) in [7, 11) is 0. The van der Waals surface area contributed by atoms with Crippen molar-refractivity contribution in [3.05, 3.63) is 65.0 Å². The van der Waals surface area contributed by atoms with Crippen molar-refractivity contribution in [2.75, 3.05) is 11.4 Å². The molecule has 0 unspecified atom stereocenters. The van der Waals surface area contributed by atoms with Crippen LogP contribution in [0.15, 0.2) is 42.5 Å². The quantitative estimate of drug-likeness (QED) is 0.837. The van der Waals surface area contributed by atoms with Crippen LogP contribution in [-0.4, -0.2) is 6.54 Å². The first kappa shape index (κ1) is 14.1. The van der Waals surface area contributed by atoms with Crippen LogP contribution in [0.3, 0.4) is 0 Å². The van der Waals surface area contributed by atoms with Crippen molar-refractivity contribution in [1.82, 2.24) is 0 Å². The number of benzene rings is 2. The lowest BCUT2D eigenvalue weighted by Crippen LogP contribution is -2.23. The number of anilines is 1. The Hall–Kier alpha value is -2.34. The average Bonchev–Trinajstić information content (AvgIpc) is 2.47.